The number of rotatable bonds is 14. The van der Waals surface area contributed by atoms with Crippen molar-refractivity contribution in [2.24, 2.45) is 28.1 Å². The molecule has 0 aliphatic carbocycles. The van der Waals surface area contributed by atoms with E-state index in [-0.39, 0.29) is 25.9 Å². The number of hydrogen-bond donors (Lipinski definition) is 6. The van der Waals surface area contributed by atoms with Gasteiger partial charge >= 0.3 is 5.97 Å². The molecule has 0 unspecified atom stereocenters. The Morgan fingerprint density at radius 1 is 1.06 bits per heavy atom. The summed E-state index contributed by atoms with van der Waals surface area (Å²) >= 11 is 0. The molecule has 2 amide bonds. The predicted molar refractivity (Wildman–Crippen MR) is 136 cm³/mol. The average molecular weight is 495 g/mol. The molecule has 0 aliphatic heterocycles. The molecule has 1 aromatic rings. The molecule has 11 heteroatoms. The molecule has 9 N–H and O–H groups in total. The van der Waals surface area contributed by atoms with E-state index in [2.05, 4.69) is 15.6 Å². The third-order valence-corrected chi connectivity index (χ3v) is 5.36. The van der Waals surface area contributed by atoms with Crippen LogP contribution in [0.15, 0.2) is 35.3 Å². The predicted octanol–water partition coefficient (Wildman–Crippen LogP) is 0.143. The quantitative estimate of drug-likeness (QED) is 0.0909. The van der Waals surface area contributed by atoms with Crippen LogP contribution in [0.25, 0.3) is 0 Å². The van der Waals surface area contributed by atoms with Crippen molar-refractivity contribution in [3.63, 3.8) is 0 Å². The summed E-state index contributed by atoms with van der Waals surface area (Å²) in [5, 5.41) is 15.3. The highest BCUT2D eigenvalue weighted by Crippen LogP contribution is 2.11. The van der Waals surface area contributed by atoms with E-state index in [9.17, 15) is 19.5 Å². The van der Waals surface area contributed by atoms with Gasteiger partial charge in [-0.1, -0.05) is 58.0 Å². The summed E-state index contributed by atoms with van der Waals surface area (Å²) in [7, 11) is 0. The number of aliphatic imine (C=N–C) groups is 1. The van der Waals surface area contributed by atoms with E-state index < -0.39 is 42.0 Å². The Labute approximate surface area is 207 Å². The zero-order chi connectivity index (χ0) is 25.7. The van der Waals surface area contributed by atoms with E-state index in [1.54, 1.807) is 19.1 Å². The minimum absolute atomic E-state index is 0. The molecule has 5 atom stereocenters. The number of esters is 1. The monoisotopic (exact) mass is 494 g/mol. The third-order valence-electron chi connectivity index (χ3n) is 5.36. The van der Waals surface area contributed by atoms with Crippen molar-refractivity contribution in [1.82, 2.24) is 10.6 Å². The lowest BCUT2D eigenvalue weighted by atomic mass is 9.97. The molecule has 0 heterocycles. The Bertz CT molecular complexity index is 814. The van der Waals surface area contributed by atoms with Crippen LogP contribution in [0, 0.1) is 5.92 Å². The Hall–Kier alpha value is -3.18. The molecule has 0 radical (unpaired) electrons. The lowest BCUT2D eigenvalue weighted by molar-refractivity contribution is -0.152. The van der Waals surface area contributed by atoms with Crippen molar-refractivity contribution in [3.05, 3.63) is 35.9 Å². The SMILES string of the molecule is C.CC[C@H](C)[C@H](NC(=O)[C@H](N)CCCN=C(N)N)C(=O)N[C@H](C(=O)OCc1ccccc1)[C@H](C)O. The largest absolute Gasteiger partial charge is 0.459 e. The average Bonchev–Trinajstić information content (AvgIpc) is 2.81. The first kappa shape index (κ1) is 31.8. The van der Waals surface area contributed by atoms with Crippen LogP contribution in [0.1, 0.15) is 53.0 Å². The first-order valence-corrected chi connectivity index (χ1v) is 11.4. The first-order chi connectivity index (χ1) is 16.1. The second-order valence-electron chi connectivity index (χ2n) is 8.25. The normalized spacial score (nSPS) is 14.8. The smallest absolute Gasteiger partial charge is 0.331 e. The maximum atomic E-state index is 13.0. The molecule has 0 aliphatic rings. The number of nitrogens with one attached hydrogen (secondary N) is 2. The lowest BCUT2D eigenvalue weighted by Crippen LogP contribution is -2.58. The molecule has 1 aromatic carbocycles. The van der Waals surface area contributed by atoms with E-state index in [4.69, 9.17) is 21.9 Å². The van der Waals surface area contributed by atoms with Gasteiger partial charge in [0, 0.05) is 6.54 Å². The fraction of sp³-hybridized carbons (Fsp3) is 0.583. The standard InChI is InChI=1S/C23H38N6O5.CH4/c1-4-14(2)18(28-20(31)17(24)11-8-12-27-23(25)26)21(32)29-19(15(3)30)22(33)34-13-16-9-6-5-7-10-16;/h5-7,9-10,14-15,17-19,30H,4,8,11-13,24H2,1-3H3,(H,28,31)(H,29,32)(H4,25,26,27);1H4/t14-,15-,17+,18-,19-;/m0./s1. The molecular formula is C24H42N6O5. The molecule has 0 saturated carbocycles. The summed E-state index contributed by atoms with van der Waals surface area (Å²) in [5.41, 5.74) is 17.3. The van der Waals surface area contributed by atoms with Crippen molar-refractivity contribution >= 4 is 23.7 Å². The fourth-order valence-corrected chi connectivity index (χ4v) is 3.05. The van der Waals surface area contributed by atoms with Crippen molar-refractivity contribution in [2.75, 3.05) is 6.54 Å². The summed E-state index contributed by atoms with van der Waals surface area (Å²) < 4.78 is 5.26. The van der Waals surface area contributed by atoms with Crippen molar-refractivity contribution in [1.29, 1.82) is 0 Å². The van der Waals surface area contributed by atoms with Gasteiger partial charge in [0.05, 0.1) is 12.1 Å². The molecule has 1 rings (SSSR count). The second-order valence-corrected chi connectivity index (χ2v) is 8.25. The molecule has 0 saturated heterocycles. The van der Waals surface area contributed by atoms with Gasteiger partial charge in [0.25, 0.3) is 0 Å². The van der Waals surface area contributed by atoms with E-state index in [0.29, 0.717) is 25.8 Å². The van der Waals surface area contributed by atoms with Crippen LogP contribution >= 0.6 is 0 Å². The summed E-state index contributed by atoms with van der Waals surface area (Å²) in [5.74, 6) is -2.20. The van der Waals surface area contributed by atoms with Gasteiger partial charge in [-0.15, -0.1) is 0 Å². The Kier molecular flexibility index (Phi) is 15.0. The topological polar surface area (TPSA) is 195 Å². The fourth-order valence-electron chi connectivity index (χ4n) is 3.05. The maximum Gasteiger partial charge on any atom is 0.331 e. The lowest BCUT2D eigenvalue weighted by Gasteiger charge is -2.28. The van der Waals surface area contributed by atoms with Crippen LogP contribution < -0.4 is 27.8 Å². The highest BCUT2D eigenvalue weighted by atomic mass is 16.5. The number of amides is 2. The number of aliphatic hydroxyl groups excluding tert-OH is 1. The van der Waals surface area contributed by atoms with Crippen molar-refractivity contribution in [3.8, 4) is 0 Å². The van der Waals surface area contributed by atoms with Gasteiger partial charge in [-0.2, -0.15) is 0 Å². The van der Waals surface area contributed by atoms with Crippen LogP contribution in [-0.4, -0.2) is 59.6 Å². The van der Waals surface area contributed by atoms with E-state index in [1.807, 2.05) is 25.1 Å². The molecule has 35 heavy (non-hydrogen) atoms. The van der Waals surface area contributed by atoms with Gasteiger partial charge in [0.2, 0.25) is 11.8 Å². The molecule has 11 nitrogen and oxygen atoms in total. The zero-order valence-electron chi connectivity index (χ0n) is 20.1. The Morgan fingerprint density at radius 3 is 2.20 bits per heavy atom. The molecule has 0 aromatic heterocycles. The van der Waals surface area contributed by atoms with Crippen molar-refractivity contribution < 1.29 is 24.2 Å². The number of ether oxygens (including phenoxy) is 1. The number of hydrogen-bond acceptors (Lipinski definition) is 7. The second kappa shape index (κ2) is 16.4. The minimum atomic E-state index is -1.30. The van der Waals surface area contributed by atoms with Crippen LogP contribution in [0.2, 0.25) is 0 Å². The third kappa shape index (κ3) is 11.7. The number of aliphatic hydroxyl groups is 1. The number of carbonyl (C=O) groups is 3. The van der Waals surface area contributed by atoms with Gasteiger partial charge in [0.1, 0.15) is 12.6 Å². The van der Waals surface area contributed by atoms with Gasteiger partial charge in [-0.05, 0) is 31.2 Å². The number of benzene rings is 1. The van der Waals surface area contributed by atoms with Gasteiger partial charge in [0.15, 0.2) is 12.0 Å². The van der Waals surface area contributed by atoms with E-state index in [0.717, 1.165) is 5.56 Å². The van der Waals surface area contributed by atoms with Crippen LogP contribution in [0.3, 0.4) is 0 Å². The molecule has 0 spiro atoms. The summed E-state index contributed by atoms with van der Waals surface area (Å²) in [6, 6.07) is 5.92. The van der Waals surface area contributed by atoms with Gasteiger partial charge in [-0.25, -0.2) is 4.79 Å². The summed E-state index contributed by atoms with van der Waals surface area (Å²) in [6.07, 6.45) is 0.178. The van der Waals surface area contributed by atoms with Gasteiger partial charge < -0.3 is 37.7 Å². The highest BCUT2D eigenvalue weighted by molar-refractivity contribution is 5.92. The van der Waals surface area contributed by atoms with Crippen LogP contribution in [0.4, 0.5) is 0 Å². The Balaban J connectivity index is 0.0000116. The minimum Gasteiger partial charge on any atom is -0.459 e. The van der Waals surface area contributed by atoms with Crippen LogP contribution in [0.5, 0.6) is 0 Å². The number of carbonyl (C=O) groups excluding carboxylic acids is 3. The molecular weight excluding hydrogens is 452 g/mol. The summed E-state index contributed by atoms with van der Waals surface area (Å²) in [6.45, 7) is 5.36. The zero-order valence-corrected chi connectivity index (χ0v) is 20.1. The number of nitrogens with zero attached hydrogens (tertiary/aromatic N) is 1. The van der Waals surface area contributed by atoms with E-state index in [1.165, 1.54) is 6.92 Å². The number of guanidine groups is 1. The summed E-state index contributed by atoms with van der Waals surface area (Å²) in [4.78, 5) is 42.0. The van der Waals surface area contributed by atoms with E-state index >= 15 is 0 Å². The number of nitrogens with two attached hydrogens (primary N) is 3. The molecule has 198 valence electrons. The maximum absolute atomic E-state index is 13.0. The molecule has 0 bridgehead atoms. The molecule has 0 fully saturated rings. The highest BCUT2D eigenvalue weighted by Gasteiger charge is 2.33. The van der Waals surface area contributed by atoms with Crippen molar-refractivity contribution in [2.45, 2.75) is 78.3 Å². The van der Waals surface area contributed by atoms with Crippen LogP contribution in [-0.2, 0) is 25.7 Å². The Morgan fingerprint density at radius 2 is 1.66 bits per heavy atom. The van der Waals surface area contributed by atoms with Gasteiger partial charge in [-0.3, -0.25) is 14.6 Å². The first-order valence-electron chi connectivity index (χ1n) is 11.4.